The smallest absolute Gasteiger partial charge is 0.252 e. The number of nitrogens with two attached hydrogens (primary N) is 1. The second-order valence-corrected chi connectivity index (χ2v) is 5.55. The van der Waals surface area contributed by atoms with Gasteiger partial charge < -0.3 is 15.8 Å². The van der Waals surface area contributed by atoms with E-state index in [4.69, 9.17) is 10.5 Å². The zero-order chi connectivity index (χ0) is 17.2. The van der Waals surface area contributed by atoms with E-state index in [0.29, 0.717) is 11.3 Å². The Hall–Kier alpha value is -3.04. The van der Waals surface area contributed by atoms with Crippen molar-refractivity contribution in [1.29, 1.82) is 0 Å². The highest BCUT2D eigenvalue weighted by Crippen LogP contribution is 2.16. The van der Waals surface area contributed by atoms with Gasteiger partial charge in [-0.15, -0.1) is 11.3 Å². The minimum Gasteiger partial charge on any atom is -0.480 e. The van der Waals surface area contributed by atoms with E-state index >= 15 is 0 Å². The summed E-state index contributed by atoms with van der Waals surface area (Å²) in [6.07, 6.45) is 3.21. The highest BCUT2D eigenvalue weighted by molar-refractivity contribution is 7.10. The molecule has 1 aromatic heterocycles. The Labute approximate surface area is 144 Å². The Bertz CT molecular complexity index is 786. The number of amides is 2. The minimum atomic E-state index is -0.552. The molecule has 0 saturated heterocycles. The number of rotatable bonds is 6. The van der Waals surface area contributed by atoms with Crippen molar-refractivity contribution in [3.05, 3.63) is 58.3 Å². The molecular weight excluding hydrogens is 324 g/mol. The maximum Gasteiger partial charge on any atom is 0.252 e. The molecule has 0 unspecified atom stereocenters. The Kier molecular flexibility index (Phi) is 6.62. The zero-order valence-electron chi connectivity index (χ0n) is 12.8. The van der Waals surface area contributed by atoms with Crippen LogP contribution in [-0.4, -0.2) is 25.0 Å². The van der Waals surface area contributed by atoms with E-state index < -0.39 is 5.91 Å². The molecule has 0 fully saturated rings. The van der Waals surface area contributed by atoms with Gasteiger partial charge in [0.1, 0.15) is 12.4 Å². The molecule has 0 spiro atoms. The lowest BCUT2D eigenvalue weighted by atomic mass is 10.2. The third-order valence-electron chi connectivity index (χ3n) is 2.87. The van der Waals surface area contributed by atoms with Crippen LogP contribution in [0, 0.1) is 11.8 Å². The molecule has 0 bridgehead atoms. The van der Waals surface area contributed by atoms with E-state index in [1.54, 1.807) is 41.7 Å². The number of carbonyl (C=O) groups excluding carboxylic acids is 2. The van der Waals surface area contributed by atoms with Crippen LogP contribution in [0.2, 0.25) is 0 Å². The first-order valence-electron chi connectivity index (χ1n) is 7.13. The number of nitrogens with one attached hydrogen (secondary N) is 1. The molecule has 3 N–H and O–H groups in total. The predicted molar refractivity (Wildman–Crippen MR) is 94.6 cm³/mol. The molecule has 5 nitrogen and oxygen atoms in total. The quantitative estimate of drug-likeness (QED) is 0.624. The van der Waals surface area contributed by atoms with Gasteiger partial charge in [0.05, 0.1) is 12.1 Å². The molecule has 122 valence electrons. The largest absolute Gasteiger partial charge is 0.480 e. The molecule has 6 heteroatoms. The van der Waals surface area contributed by atoms with Crippen LogP contribution in [0.5, 0.6) is 5.75 Å². The number of primary amides is 1. The molecule has 0 aliphatic carbocycles. The summed E-state index contributed by atoms with van der Waals surface area (Å²) in [6.45, 7) is 0.319. The average molecular weight is 340 g/mol. The van der Waals surface area contributed by atoms with Gasteiger partial charge in [0.25, 0.3) is 5.91 Å². The highest BCUT2D eigenvalue weighted by atomic mass is 32.1. The van der Waals surface area contributed by atoms with Crippen LogP contribution in [0.1, 0.15) is 15.2 Å². The van der Waals surface area contributed by atoms with Crippen LogP contribution in [0.3, 0.4) is 0 Å². The van der Waals surface area contributed by atoms with Crippen LogP contribution in [0.25, 0.3) is 6.08 Å². The van der Waals surface area contributed by atoms with Gasteiger partial charge in [-0.2, -0.15) is 0 Å². The molecule has 0 atom stereocenters. The molecule has 0 aliphatic rings. The van der Waals surface area contributed by atoms with E-state index in [9.17, 15) is 9.59 Å². The second-order valence-electron chi connectivity index (χ2n) is 4.57. The highest BCUT2D eigenvalue weighted by Gasteiger charge is 2.06. The first kappa shape index (κ1) is 17.3. The maximum absolute atomic E-state index is 11.6. The third-order valence-corrected chi connectivity index (χ3v) is 3.71. The van der Waals surface area contributed by atoms with E-state index in [0.717, 1.165) is 4.88 Å². The van der Waals surface area contributed by atoms with Crippen LogP contribution >= 0.6 is 11.3 Å². The Morgan fingerprint density at radius 3 is 2.79 bits per heavy atom. The van der Waals surface area contributed by atoms with Gasteiger partial charge in [0.15, 0.2) is 0 Å². The van der Waals surface area contributed by atoms with Gasteiger partial charge >= 0.3 is 0 Å². The fourth-order valence-electron chi connectivity index (χ4n) is 1.76. The zero-order valence-corrected chi connectivity index (χ0v) is 13.6. The SMILES string of the molecule is NC(=O)c1ccccc1OCC#CCNC(=O)/C=C/c1cccs1. The number of carbonyl (C=O) groups is 2. The lowest BCUT2D eigenvalue weighted by Gasteiger charge is -2.05. The topological polar surface area (TPSA) is 81.4 Å². The van der Waals surface area contributed by atoms with Gasteiger partial charge in [0, 0.05) is 11.0 Å². The normalized spacial score (nSPS) is 10.0. The average Bonchev–Trinajstić information content (AvgIpc) is 3.10. The predicted octanol–water partition coefficient (Wildman–Crippen LogP) is 2.06. The summed E-state index contributed by atoms with van der Waals surface area (Å²) in [6, 6.07) is 10.5. The lowest BCUT2D eigenvalue weighted by Crippen LogP contribution is -2.21. The second kappa shape index (κ2) is 9.18. The van der Waals surface area contributed by atoms with Crippen molar-refractivity contribution in [1.82, 2.24) is 5.32 Å². The molecule has 2 rings (SSSR count). The number of thiophene rings is 1. The monoisotopic (exact) mass is 340 g/mol. The van der Waals surface area contributed by atoms with Crippen molar-refractivity contribution in [2.45, 2.75) is 0 Å². The number of benzene rings is 1. The van der Waals surface area contributed by atoms with Crippen molar-refractivity contribution in [3.63, 3.8) is 0 Å². The number of ether oxygens (including phenoxy) is 1. The van der Waals surface area contributed by atoms with Gasteiger partial charge in [-0.05, 0) is 29.7 Å². The molecule has 2 aromatic rings. The van der Waals surface area contributed by atoms with Gasteiger partial charge in [-0.3, -0.25) is 9.59 Å². The van der Waals surface area contributed by atoms with Crippen LogP contribution < -0.4 is 15.8 Å². The summed E-state index contributed by atoms with van der Waals surface area (Å²) in [7, 11) is 0. The van der Waals surface area contributed by atoms with Crippen LogP contribution in [-0.2, 0) is 4.79 Å². The summed E-state index contributed by atoms with van der Waals surface area (Å²) in [5.74, 6) is 5.17. The Balaban J connectivity index is 1.73. The molecule has 24 heavy (non-hydrogen) atoms. The fourth-order valence-corrected chi connectivity index (χ4v) is 2.38. The Morgan fingerprint density at radius 2 is 2.04 bits per heavy atom. The molecule has 1 heterocycles. The summed E-state index contributed by atoms with van der Waals surface area (Å²) in [5, 5.41) is 4.59. The summed E-state index contributed by atoms with van der Waals surface area (Å²) < 4.78 is 5.40. The molecule has 1 aromatic carbocycles. The van der Waals surface area contributed by atoms with E-state index in [1.807, 2.05) is 17.5 Å². The van der Waals surface area contributed by atoms with Gasteiger partial charge in [0.2, 0.25) is 5.91 Å². The fraction of sp³-hybridized carbons (Fsp3) is 0.111. The van der Waals surface area contributed by atoms with Crippen LogP contribution in [0.4, 0.5) is 0 Å². The molecular formula is C18H16N2O3S. The first-order valence-corrected chi connectivity index (χ1v) is 8.01. The van der Waals surface area contributed by atoms with Crippen molar-refractivity contribution in [3.8, 4) is 17.6 Å². The number of hydrogen-bond donors (Lipinski definition) is 2. The summed E-state index contributed by atoms with van der Waals surface area (Å²) in [4.78, 5) is 23.8. The molecule has 0 saturated carbocycles. The first-order chi connectivity index (χ1) is 11.7. The van der Waals surface area contributed by atoms with E-state index in [1.165, 1.54) is 6.08 Å². The van der Waals surface area contributed by atoms with Crippen molar-refractivity contribution in [2.75, 3.05) is 13.2 Å². The third kappa shape index (κ3) is 5.63. The minimum absolute atomic E-state index is 0.102. The van der Waals surface area contributed by atoms with Crippen molar-refractivity contribution in [2.24, 2.45) is 5.73 Å². The van der Waals surface area contributed by atoms with E-state index in [-0.39, 0.29) is 19.1 Å². The Morgan fingerprint density at radius 1 is 1.21 bits per heavy atom. The lowest BCUT2D eigenvalue weighted by molar-refractivity contribution is -0.116. The maximum atomic E-state index is 11.6. The standard InChI is InChI=1S/C18H16N2O3S/c19-18(22)15-7-1-2-8-16(15)23-12-4-3-11-20-17(21)10-9-14-6-5-13-24-14/h1-2,5-10,13H,11-12H2,(H2,19,22)(H,20,21)/b10-9+. The number of para-hydroxylation sites is 1. The summed E-state index contributed by atoms with van der Waals surface area (Å²) >= 11 is 1.56. The van der Waals surface area contributed by atoms with Crippen molar-refractivity contribution >= 4 is 29.2 Å². The molecule has 0 aliphatic heterocycles. The number of hydrogen-bond acceptors (Lipinski definition) is 4. The van der Waals surface area contributed by atoms with Gasteiger partial charge in [-0.25, -0.2) is 0 Å². The van der Waals surface area contributed by atoms with Crippen LogP contribution in [0.15, 0.2) is 47.9 Å². The summed E-state index contributed by atoms with van der Waals surface area (Å²) in [5.41, 5.74) is 5.57. The van der Waals surface area contributed by atoms with Gasteiger partial charge in [-0.1, -0.05) is 30.0 Å². The molecule has 2 amide bonds. The van der Waals surface area contributed by atoms with Crippen molar-refractivity contribution < 1.29 is 14.3 Å². The molecule has 0 radical (unpaired) electrons. The van der Waals surface area contributed by atoms with E-state index in [2.05, 4.69) is 17.2 Å².